The van der Waals surface area contributed by atoms with Crippen LogP contribution >= 0.6 is 0 Å². The van der Waals surface area contributed by atoms with Crippen LogP contribution in [0.2, 0.25) is 0 Å². The average molecular weight is 383 g/mol. The van der Waals surface area contributed by atoms with E-state index in [-0.39, 0.29) is 11.4 Å². The maximum Gasteiger partial charge on any atom is 0.315 e. The van der Waals surface area contributed by atoms with E-state index in [2.05, 4.69) is 16.9 Å². The van der Waals surface area contributed by atoms with Crippen LogP contribution in [0.1, 0.15) is 37.3 Å². The van der Waals surface area contributed by atoms with Gasteiger partial charge in [0.1, 0.15) is 5.82 Å². The molecule has 0 aliphatic carbocycles. The summed E-state index contributed by atoms with van der Waals surface area (Å²) in [7, 11) is 1.48. The van der Waals surface area contributed by atoms with E-state index in [4.69, 9.17) is 9.47 Å². The molecule has 0 amide bonds. The first-order valence-corrected chi connectivity index (χ1v) is 9.41. The molecule has 28 heavy (non-hydrogen) atoms. The highest BCUT2D eigenvalue weighted by molar-refractivity contribution is 5.82. The number of hydrogen-bond donors (Lipinski definition) is 1. The molecule has 0 unspecified atom stereocenters. The Morgan fingerprint density at radius 1 is 1.14 bits per heavy atom. The van der Waals surface area contributed by atoms with Crippen molar-refractivity contribution in [2.24, 2.45) is 0 Å². The summed E-state index contributed by atoms with van der Waals surface area (Å²) in [6.07, 6.45) is 2.89. The maximum atomic E-state index is 11.7. The molecule has 0 radical (unpaired) electrons. The van der Waals surface area contributed by atoms with Crippen molar-refractivity contribution < 1.29 is 14.4 Å². The van der Waals surface area contributed by atoms with Crippen molar-refractivity contribution in [2.45, 2.75) is 40.0 Å². The average Bonchev–Trinajstić information content (AvgIpc) is 3.07. The minimum atomic E-state index is -0.446. The van der Waals surface area contributed by atoms with Crippen LogP contribution in [0, 0.1) is 24.0 Å². The maximum absolute atomic E-state index is 11.7. The number of aromatic nitrogens is 2. The van der Waals surface area contributed by atoms with Crippen molar-refractivity contribution >= 4 is 16.7 Å². The molecule has 3 rings (SSSR count). The Kier molecular flexibility index (Phi) is 5.82. The second kappa shape index (κ2) is 8.29. The Labute approximate surface area is 163 Å². The summed E-state index contributed by atoms with van der Waals surface area (Å²) in [5.41, 5.74) is 4.46. The molecule has 1 aromatic heterocycles. The fourth-order valence-corrected chi connectivity index (χ4v) is 3.09. The van der Waals surface area contributed by atoms with Gasteiger partial charge in [-0.15, -0.1) is 0 Å². The van der Waals surface area contributed by atoms with Gasteiger partial charge in [-0.05, 0) is 49.6 Å². The third-order valence-corrected chi connectivity index (χ3v) is 4.82. The molecule has 0 fully saturated rings. The van der Waals surface area contributed by atoms with Crippen molar-refractivity contribution in [3.05, 3.63) is 45.5 Å². The summed E-state index contributed by atoms with van der Waals surface area (Å²) in [5, 5.41) is 11.7. The zero-order valence-electron chi connectivity index (χ0n) is 16.7. The van der Waals surface area contributed by atoms with Gasteiger partial charge >= 0.3 is 5.69 Å². The molecule has 148 valence electrons. The van der Waals surface area contributed by atoms with Crippen molar-refractivity contribution in [3.63, 3.8) is 0 Å². The van der Waals surface area contributed by atoms with E-state index in [1.54, 1.807) is 6.07 Å². The largest absolute Gasteiger partial charge is 0.493 e. The molecule has 2 aromatic carbocycles. The molecule has 0 saturated carbocycles. The zero-order chi connectivity index (χ0) is 20.3. The number of imidazole rings is 1. The number of nitro benzene ring substituents is 1. The van der Waals surface area contributed by atoms with Crippen LogP contribution in [-0.4, -0.2) is 28.6 Å². The first-order chi connectivity index (χ1) is 13.4. The van der Waals surface area contributed by atoms with Crippen LogP contribution in [0.3, 0.4) is 0 Å². The van der Waals surface area contributed by atoms with Gasteiger partial charge in [-0.2, -0.15) is 0 Å². The van der Waals surface area contributed by atoms with Gasteiger partial charge in [0.15, 0.2) is 5.75 Å². The Bertz CT molecular complexity index is 972. The molecule has 0 aliphatic heterocycles. The van der Waals surface area contributed by atoms with E-state index in [0.29, 0.717) is 23.7 Å². The first kappa shape index (κ1) is 19.7. The molecule has 0 atom stereocenters. The molecule has 0 aliphatic rings. The predicted molar refractivity (Wildman–Crippen MR) is 109 cm³/mol. The van der Waals surface area contributed by atoms with E-state index in [0.717, 1.165) is 41.4 Å². The van der Waals surface area contributed by atoms with Gasteiger partial charge in [0, 0.05) is 11.6 Å². The summed E-state index contributed by atoms with van der Waals surface area (Å²) < 4.78 is 11.1. The van der Waals surface area contributed by atoms with E-state index in [1.807, 2.05) is 26.0 Å². The van der Waals surface area contributed by atoms with Gasteiger partial charge in [-0.3, -0.25) is 10.1 Å². The van der Waals surface area contributed by atoms with Crippen LogP contribution in [0.4, 0.5) is 5.69 Å². The number of ether oxygens (including phenoxy) is 2. The number of H-pyrrole nitrogens is 1. The van der Waals surface area contributed by atoms with Crippen LogP contribution in [0.25, 0.3) is 22.4 Å². The molecule has 0 spiro atoms. The number of unbranched alkanes of at least 4 members (excludes halogenated alkanes) is 2. The third kappa shape index (κ3) is 3.93. The molecule has 7 heteroatoms. The standard InChI is InChI=1S/C21H25N3O4/c1-5-6-7-8-28-20-18(24(25)26)11-15(12-19(20)27-4)21-22-16-9-13(2)14(3)10-17(16)23-21/h9-12H,5-8H2,1-4H3,(H,22,23). The molecule has 3 aromatic rings. The molecule has 0 saturated heterocycles. The zero-order valence-corrected chi connectivity index (χ0v) is 16.7. The lowest BCUT2D eigenvalue weighted by Crippen LogP contribution is -2.03. The molecular formula is C21H25N3O4. The summed E-state index contributed by atoms with van der Waals surface area (Å²) in [5.74, 6) is 1.04. The van der Waals surface area contributed by atoms with Crippen molar-refractivity contribution in [2.75, 3.05) is 13.7 Å². The van der Waals surface area contributed by atoms with Crippen molar-refractivity contribution in [1.29, 1.82) is 0 Å². The van der Waals surface area contributed by atoms with Crippen LogP contribution in [-0.2, 0) is 0 Å². The van der Waals surface area contributed by atoms with Gasteiger partial charge in [-0.1, -0.05) is 19.8 Å². The van der Waals surface area contributed by atoms with Gasteiger partial charge < -0.3 is 14.5 Å². The molecule has 7 nitrogen and oxygen atoms in total. The lowest BCUT2D eigenvalue weighted by atomic mass is 10.1. The van der Waals surface area contributed by atoms with E-state index < -0.39 is 4.92 Å². The van der Waals surface area contributed by atoms with Crippen LogP contribution in [0.15, 0.2) is 24.3 Å². The molecule has 1 N–H and O–H groups in total. The number of rotatable bonds is 8. The second-order valence-electron chi connectivity index (χ2n) is 6.88. The molecular weight excluding hydrogens is 358 g/mol. The van der Waals surface area contributed by atoms with Crippen LogP contribution < -0.4 is 9.47 Å². The lowest BCUT2D eigenvalue weighted by Gasteiger charge is -2.12. The predicted octanol–water partition coefficient (Wildman–Crippen LogP) is 5.33. The SMILES string of the molecule is CCCCCOc1c(OC)cc(-c2nc3cc(C)c(C)cc3[nH]2)cc1[N+](=O)[O-]. The van der Waals surface area contributed by atoms with Crippen LogP contribution in [0.5, 0.6) is 11.5 Å². The number of aromatic amines is 1. The quantitative estimate of drug-likeness (QED) is 0.322. The number of nitro groups is 1. The topological polar surface area (TPSA) is 90.3 Å². The number of aryl methyl sites for hydroxylation is 2. The minimum absolute atomic E-state index is 0.126. The lowest BCUT2D eigenvalue weighted by molar-refractivity contribution is -0.385. The number of benzene rings is 2. The number of nitrogens with one attached hydrogen (secondary N) is 1. The number of hydrogen-bond acceptors (Lipinski definition) is 5. The first-order valence-electron chi connectivity index (χ1n) is 9.41. The smallest absolute Gasteiger partial charge is 0.315 e. The van der Waals surface area contributed by atoms with Gasteiger partial charge in [-0.25, -0.2) is 4.98 Å². The van der Waals surface area contributed by atoms with E-state index in [1.165, 1.54) is 13.2 Å². The molecule has 1 heterocycles. The van der Waals surface area contributed by atoms with Gasteiger partial charge in [0.05, 0.1) is 29.7 Å². The summed E-state index contributed by atoms with van der Waals surface area (Å²) in [6.45, 7) is 6.57. The Morgan fingerprint density at radius 3 is 2.57 bits per heavy atom. The summed E-state index contributed by atoms with van der Waals surface area (Å²) >= 11 is 0. The highest BCUT2D eigenvalue weighted by Gasteiger charge is 2.24. The monoisotopic (exact) mass is 383 g/mol. The Morgan fingerprint density at radius 2 is 1.89 bits per heavy atom. The number of fused-ring (bicyclic) bond motifs is 1. The minimum Gasteiger partial charge on any atom is -0.493 e. The fraction of sp³-hybridized carbons (Fsp3) is 0.381. The van der Waals surface area contributed by atoms with E-state index >= 15 is 0 Å². The fourth-order valence-electron chi connectivity index (χ4n) is 3.09. The van der Waals surface area contributed by atoms with Gasteiger partial charge in [0.25, 0.3) is 0 Å². The second-order valence-corrected chi connectivity index (χ2v) is 6.88. The number of nitrogens with zero attached hydrogens (tertiary/aromatic N) is 2. The third-order valence-electron chi connectivity index (χ3n) is 4.82. The van der Waals surface area contributed by atoms with Crippen molar-refractivity contribution in [1.82, 2.24) is 9.97 Å². The summed E-state index contributed by atoms with van der Waals surface area (Å²) in [4.78, 5) is 19.1. The van der Waals surface area contributed by atoms with Crippen molar-refractivity contribution in [3.8, 4) is 22.9 Å². The number of methoxy groups -OCH3 is 1. The highest BCUT2D eigenvalue weighted by atomic mass is 16.6. The Hall–Kier alpha value is -3.09. The Balaban J connectivity index is 2.04. The highest BCUT2D eigenvalue weighted by Crippen LogP contribution is 2.41. The van der Waals surface area contributed by atoms with E-state index in [9.17, 15) is 10.1 Å². The van der Waals surface area contributed by atoms with Gasteiger partial charge in [0.2, 0.25) is 5.75 Å². The normalized spacial score (nSPS) is 11.0. The molecule has 0 bridgehead atoms. The summed E-state index contributed by atoms with van der Waals surface area (Å²) in [6, 6.07) is 7.23.